The van der Waals surface area contributed by atoms with Gasteiger partial charge in [0.05, 0.1) is 12.6 Å². The quantitative estimate of drug-likeness (QED) is 0.553. The number of benzene rings is 3. The molecule has 0 saturated carbocycles. The highest BCUT2D eigenvalue weighted by Gasteiger charge is 2.10. The van der Waals surface area contributed by atoms with Crippen molar-refractivity contribution < 1.29 is 9.13 Å². The van der Waals surface area contributed by atoms with Gasteiger partial charge in [-0.1, -0.05) is 12.1 Å². The Morgan fingerprint density at radius 2 is 1.58 bits per heavy atom. The Hall–Kier alpha value is -3.47. The Kier molecular flexibility index (Phi) is 4.19. The normalized spacial score (nSPS) is 10.7. The highest BCUT2D eigenvalue weighted by Crippen LogP contribution is 2.28. The third kappa shape index (κ3) is 3.19. The number of fused-ring (bicyclic) bond motifs is 1. The molecule has 0 unspecified atom stereocenters. The third-order valence-corrected chi connectivity index (χ3v) is 4.06. The average Bonchev–Trinajstić information content (AvgIpc) is 2.69. The molecule has 0 atom stereocenters. The number of hydrogen-bond donors (Lipinski definition) is 1. The van der Waals surface area contributed by atoms with Crippen LogP contribution in [0, 0.1) is 5.82 Å². The molecule has 1 heterocycles. The van der Waals surface area contributed by atoms with E-state index in [-0.39, 0.29) is 5.82 Å². The molecule has 4 rings (SSSR count). The van der Waals surface area contributed by atoms with Gasteiger partial charge in [-0.2, -0.15) is 0 Å². The summed E-state index contributed by atoms with van der Waals surface area (Å²) in [6, 6.07) is 21.6. The van der Waals surface area contributed by atoms with Crippen LogP contribution in [0.5, 0.6) is 5.75 Å². The maximum Gasteiger partial charge on any atom is 0.162 e. The summed E-state index contributed by atoms with van der Waals surface area (Å²) >= 11 is 0. The number of methoxy groups -OCH3 is 1. The van der Waals surface area contributed by atoms with Gasteiger partial charge in [-0.05, 0) is 60.7 Å². The average molecular weight is 345 g/mol. The Morgan fingerprint density at radius 1 is 0.846 bits per heavy atom. The summed E-state index contributed by atoms with van der Waals surface area (Å²) in [5, 5.41) is 4.16. The molecule has 26 heavy (non-hydrogen) atoms. The zero-order chi connectivity index (χ0) is 17.9. The largest absolute Gasteiger partial charge is 0.497 e. The van der Waals surface area contributed by atoms with E-state index in [1.54, 1.807) is 19.2 Å². The topological polar surface area (TPSA) is 47.0 Å². The minimum atomic E-state index is -0.276. The Bertz CT molecular complexity index is 1050. The lowest BCUT2D eigenvalue weighted by Gasteiger charge is -2.11. The van der Waals surface area contributed by atoms with Crippen LogP contribution in [0.3, 0.4) is 0 Å². The first-order valence-electron chi connectivity index (χ1n) is 8.17. The van der Waals surface area contributed by atoms with Gasteiger partial charge in [-0.3, -0.25) is 0 Å². The zero-order valence-electron chi connectivity index (χ0n) is 14.1. The summed E-state index contributed by atoms with van der Waals surface area (Å²) in [7, 11) is 1.63. The van der Waals surface area contributed by atoms with E-state index in [2.05, 4.69) is 15.3 Å². The number of ether oxygens (including phenoxy) is 1. The van der Waals surface area contributed by atoms with Crippen molar-refractivity contribution in [1.82, 2.24) is 9.97 Å². The fourth-order valence-electron chi connectivity index (χ4n) is 2.71. The van der Waals surface area contributed by atoms with Crippen LogP contribution < -0.4 is 10.1 Å². The molecule has 0 spiro atoms. The predicted octanol–water partition coefficient (Wildman–Crippen LogP) is 5.19. The van der Waals surface area contributed by atoms with Gasteiger partial charge in [0.25, 0.3) is 0 Å². The number of para-hydroxylation sites is 1. The SMILES string of the molecule is COc1ccc(-c2nc(Nc3ccc(F)cc3)c3ccccc3n2)cc1. The third-order valence-electron chi connectivity index (χ3n) is 4.06. The van der Waals surface area contributed by atoms with Gasteiger partial charge in [0.1, 0.15) is 17.4 Å². The molecule has 4 nitrogen and oxygen atoms in total. The molecular weight excluding hydrogens is 329 g/mol. The number of nitrogens with one attached hydrogen (secondary N) is 1. The molecule has 0 aliphatic rings. The van der Waals surface area contributed by atoms with E-state index >= 15 is 0 Å². The van der Waals surface area contributed by atoms with E-state index in [0.29, 0.717) is 11.6 Å². The predicted molar refractivity (Wildman–Crippen MR) is 101 cm³/mol. The zero-order valence-corrected chi connectivity index (χ0v) is 14.1. The summed E-state index contributed by atoms with van der Waals surface area (Å²) in [6.07, 6.45) is 0. The summed E-state index contributed by atoms with van der Waals surface area (Å²) < 4.78 is 18.4. The maximum absolute atomic E-state index is 13.2. The standard InChI is InChI=1S/C21H16FN3O/c1-26-17-12-6-14(7-13-17)20-24-19-5-3-2-4-18(19)21(25-20)23-16-10-8-15(22)9-11-16/h2-13H,1H3,(H,23,24,25). The van der Waals surface area contributed by atoms with Crippen molar-refractivity contribution in [2.24, 2.45) is 0 Å². The first-order chi connectivity index (χ1) is 12.7. The first-order valence-corrected chi connectivity index (χ1v) is 8.17. The minimum Gasteiger partial charge on any atom is -0.497 e. The van der Waals surface area contributed by atoms with E-state index in [4.69, 9.17) is 4.74 Å². The molecule has 0 radical (unpaired) electrons. The maximum atomic E-state index is 13.2. The monoisotopic (exact) mass is 345 g/mol. The molecular formula is C21H16FN3O. The number of halogens is 1. The second kappa shape index (κ2) is 6.80. The van der Waals surface area contributed by atoms with Gasteiger partial charge in [0, 0.05) is 16.6 Å². The molecule has 0 aliphatic heterocycles. The van der Waals surface area contributed by atoms with Crippen LogP contribution in [0.25, 0.3) is 22.3 Å². The van der Waals surface area contributed by atoms with E-state index in [1.165, 1.54) is 12.1 Å². The van der Waals surface area contributed by atoms with Gasteiger partial charge >= 0.3 is 0 Å². The lowest BCUT2D eigenvalue weighted by atomic mass is 10.1. The second-order valence-corrected chi connectivity index (χ2v) is 5.77. The Balaban J connectivity index is 1.80. The fraction of sp³-hybridized carbons (Fsp3) is 0.0476. The number of hydrogen-bond acceptors (Lipinski definition) is 4. The van der Waals surface area contributed by atoms with Gasteiger partial charge in [-0.25, -0.2) is 14.4 Å². The van der Waals surface area contributed by atoms with E-state index in [0.717, 1.165) is 27.9 Å². The lowest BCUT2D eigenvalue weighted by Crippen LogP contribution is -1.99. The Labute approximate surface area is 150 Å². The van der Waals surface area contributed by atoms with Gasteiger partial charge in [0.2, 0.25) is 0 Å². The molecule has 3 aromatic carbocycles. The van der Waals surface area contributed by atoms with Crippen molar-refractivity contribution in [3.63, 3.8) is 0 Å². The summed E-state index contributed by atoms with van der Waals surface area (Å²) in [5.41, 5.74) is 2.48. The number of nitrogens with zero attached hydrogens (tertiary/aromatic N) is 2. The van der Waals surface area contributed by atoms with Crippen LogP contribution in [0.1, 0.15) is 0 Å². The number of anilines is 2. The van der Waals surface area contributed by atoms with Gasteiger partial charge in [-0.15, -0.1) is 0 Å². The molecule has 128 valence electrons. The minimum absolute atomic E-state index is 0.276. The number of rotatable bonds is 4. The smallest absolute Gasteiger partial charge is 0.162 e. The molecule has 5 heteroatoms. The van der Waals surface area contributed by atoms with Crippen LogP contribution >= 0.6 is 0 Å². The molecule has 0 aliphatic carbocycles. The molecule has 0 amide bonds. The molecule has 1 aromatic heterocycles. The molecule has 4 aromatic rings. The second-order valence-electron chi connectivity index (χ2n) is 5.77. The lowest BCUT2D eigenvalue weighted by molar-refractivity contribution is 0.415. The van der Waals surface area contributed by atoms with Crippen LogP contribution in [-0.2, 0) is 0 Å². The van der Waals surface area contributed by atoms with Crippen molar-refractivity contribution in [3.05, 3.63) is 78.6 Å². The van der Waals surface area contributed by atoms with E-state index in [9.17, 15) is 4.39 Å². The highest BCUT2D eigenvalue weighted by molar-refractivity contribution is 5.92. The fourth-order valence-corrected chi connectivity index (χ4v) is 2.71. The van der Waals surface area contributed by atoms with E-state index < -0.39 is 0 Å². The van der Waals surface area contributed by atoms with Crippen LogP contribution in [0.2, 0.25) is 0 Å². The summed E-state index contributed by atoms with van der Waals surface area (Å²) in [4.78, 5) is 9.35. The van der Waals surface area contributed by atoms with Crippen LogP contribution in [0.15, 0.2) is 72.8 Å². The van der Waals surface area contributed by atoms with Gasteiger partial charge in [0.15, 0.2) is 5.82 Å². The summed E-state index contributed by atoms with van der Waals surface area (Å²) in [6.45, 7) is 0. The molecule has 0 bridgehead atoms. The molecule has 1 N–H and O–H groups in total. The van der Waals surface area contributed by atoms with Crippen LogP contribution in [0.4, 0.5) is 15.9 Å². The van der Waals surface area contributed by atoms with Crippen molar-refractivity contribution in [2.45, 2.75) is 0 Å². The van der Waals surface area contributed by atoms with Crippen molar-refractivity contribution in [2.75, 3.05) is 12.4 Å². The summed E-state index contributed by atoms with van der Waals surface area (Å²) in [5.74, 6) is 1.78. The van der Waals surface area contributed by atoms with Crippen molar-refractivity contribution in [1.29, 1.82) is 0 Å². The molecule has 0 fully saturated rings. The van der Waals surface area contributed by atoms with Crippen molar-refractivity contribution >= 4 is 22.4 Å². The van der Waals surface area contributed by atoms with Gasteiger partial charge < -0.3 is 10.1 Å². The Morgan fingerprint density at radius 3 is 2.31 bits per heavy atom. The number of aromatic nitrogens is 2. The van der Waals surface area contributed by atoms with Crippen molar-refractivity contribution in [3.8, 4) is 17.1 Å². The highest BCUT2D eigenvalue weighted by atomic mass is 19.1. The molecule has 0 saturated heterocycles. The first kappa shape index (κ1) is 16.0. The van der Waals surface area contributed by atoms with Crippen LogP contribution in [-0.4, -0.2) is 17.1 Å². The van der Waals surface area contributed by atoms with E-state index in [1.807, 2.05) is 48.5 Å².